The van der Waals surface area contributed by atoms with Crippen LogP contribution in [0.5, 0.6) is 0 Å². The summed E-state index contributed by atoms with van der Waals surface area (Å²) in [6, 6.07) is 0. The molecule has 1 rings (SSSR count). The predicted octanol–water partition coefficient (Wildman–Crippen LogP) is 0.946. The Balaban J connectivity index is 2.92. The number of halogens is 1. The van der Waals surface area contributed by atoms with E-state index < -0.39 is 31.3 Å². The van der Waals surface area contributed by atoms with E-state index in [-0.39, 0.29) is 2.91 Å². The van der Waals surface area contributed by atoms with Crippen molar-refractivity contribution in [2.45, 2.75) is 0 Å². The van der Waals surface area contributed by atoms with Gasteiger partial charge in [0.05, 0.1) is 0 Å². The van der Waals surface area contributed by atoms with Gasteiger partial charge in [0.15, 0.2) is 0 Å². The van der Waals surface area contributed by atoms with Crippen LogP contribution >= 0.6 is 21.2 Å². The summed E-state index contributed by atoms with van der Waals surface area (Å²) in [5.41, 5.74) is 0. The van der Waals surface area contributed by atoms with Gasteiger partial charge in [-0.1, -0.05) is 0 Å². The van der Waals surface area contributed by atoms with E-state index in [2.05, 4.69) is 0 Å². The number of hydrogen-bond acceptors (Lipinski definition) is 2. The Morgan fingerprint density at radius 1 is 1.56 bits per heavy atom. The van der Waals surface area contributed by atoms with E-state index in [9.17, 15) is 8.42 Å². The minimum absolute atomic E-state index is 0.202. The summed E-state index contributed by atoms with van der Waals surface area (Å²) in [6.07, 6.45) is 3.10. The van der Waals surface area contributed by atoms with Crippen LogP contribution in [-0.2, 0) is 10.1 Å². The van der Waals surface area contributed by atoms with E-state index in [4.69, 9.17) is 4.55 Å². The molecule has 0 aromatic carbocycles. The Bertz CT molecular complexity index is 262. The van der Waals surface area contributed by atoms with E-state index in [1.54, 1.807) is 10.2 Å². The van der Waals surface area contributed by atoms with Crippen LogP contribution in [0.3, 0.4) is 0 Å². The number of hydrogen-bond donors (Lipinski definition) is 1. The van der Waals surface area contributed by atoms with Gasteiger partial charge in [-0.3, -0.25) is 0 Å². The first kappa shape index (κ1) is 7.23. The summed E-state index contributed by atoms with van der Waals surface area (Å²) < 4.78 is 31.0. The monoisotopic (exact) mass is 260 g/mol. The van der Waals surface area contributed by atoms with Gasteiger partial charge in [-0.15, -0.1) is 0 Å². The molecule has 5 heteroatoms. The molecule has 1 N–H and O–H groups in total. The van der Waals surface area contributed by atoms with Gasteiger partial charge in [-0.05, 0) is 0 Å². The molecule has 1 aliphatic rings. The zero-order chi connectivity index (χ0) is 6.91. The third-order valence-electron chi connectivity index (χ3n) is 0.749. The summed E-state index contributed by atoms with van der Waals surface area (Å²) in [4.78, 5) is 0. The quantitative estimate of drug-likeness (QED) is 0.564. The van der Waals surface area contributed by atoms with Crippen molar-refractivity contribution in [1.29, 1.82) is 0 Å². The molecule has 0 amide bonds. The van der Waals surface area contributed by atoms with Crippen LogP contribution in [0, 0.1) is 0 Å². The first-order valence-electron chi connectivity index (χ1n) is 2.12. The van der Waals surface area contributed by atoms with Gasteiger partial charge in [0, 0.05) is 0 Å². The molecule has 0 saturated carbocycles. The van der Waals surface area contributed by atoms with Crippen molar-refractivity contribution < 1.29 is 13.0 Å². The average Bonchev–Trinajstić information content (AvgIpc) is 2.08. The molecule has 0 aliphatic carbocycles. The van der Waals surface area contributed by atoms with Gasteiger partial charge in [-0.25, -0.2) is 0 Å². The fraction of sp³-hybridized carbons (Fsp3) is 0. The molecule has 9 heavy (non-hydrogen) atoms. The van der Waals surface area contributed by atoms with E-state index in [1.807, 2.05) is 0 Å². The SMILES string of the molecule is O=S(=O)(O)C1=CC=C[IH]1. The number of rotatable bonds is 1. The molecule has 0 atom stereocenters. The van der Waals surface area contributed by atoms with Gasteiger partial charge >= 0.3 is 63.4 Å². The molecule has 1 aliphatic heterocycles. The predicted molar refractivity (Wildman–Crippen MR) is 44.2 cm³/mol. The molecule has 0 fully saturated rings. The first-order chi connectivity index (χ1) is 4.11. The molecule has 0 radical (unpaired) electrons. The van der Waals surface area contributed by atoms with Crippen molar-refractivity contribution in [3.63, 3.8) is 0 Å². The number of allylic oxidation sites excluding steroid dienone is 2. The van der Waals surface area contributed by atoms with E-state index in [0.717, 1.165) is 0 Å². The summed E-state index contributed by atoms with van der Waals surface area (Å²) in [5, 5.41) is 0. The maximum atomic E-state index is 10.3. The summed E-state index contributed by atoms with van der Waals surface area (Å²) in [6.45, 7) is 0. The van der Waals surface area contributed by atoms with Gasteiger partial charge in [0.25, 0.3) is 0 Å². The van der Waals surface area contributed by atoms with E-state index in [1.165, 1.54) is 6.08 Å². The second-order valence-corrected chi connectivity index (χ2v) is 6.31. The Kier molecular flexibility index (Phi) is 1.92. The standard InChI is InChI=1S/C4H5IO3S/c6-9(7,8)4-2-1-3-5-4/h1-3,5H,(H,6,7,8). The van der Waals surface area contributed by atoms with Crippen LogP contribution in [-0.4, -0.2) is 13.0 Å². The molecular weight excluding hydrogens is 255 g/mol. The Labute approximate surface area is 63.5 Å². The van der Waals surface area contributed by atoms with Crippen LogP contribution in [0.25, 0.3) is 0 Å². The topological polar surface area (TPSA) is 54.4 Å². The van der Waals surface area contributed by atoms with Crippen molar-refractivity contribution >= 4 is 31.3 Å². The third kappa shape index (κ3) is 1.77. The molecule has 0 bridgehead atoms. The molecule has 0 unspecified atom stereocenters. The Morgan fingerprint density at radius 2 is 2.22 bits per heavy atom. The zero-order valence-corrected chi connectivity index (χ0v) is 7.46. The molecule has 0 spiro atoms. The average molecular weight is 260 g/mol. The fourth-order valence-electron chi connectivity index (χ4n) is 0.410. The van der Waals surface area contributed by atoms with Gasteiger partial charge in [-0.2, -0.15) is 0 Å². The van der Waals surface area contributed by atoms with Crippen LogP contribution in [0.4, 0.5) is 0 Å². The first-order valence-corrected chi connectivity index (χ1v) is 6.07. The van der Waals surface area contributed by atoms with Crippen LogP contribution in [0.2, 0.25) is 0 Å². The van der Waals surface area contributed by atoms with Gasteiger partial charge < -0.3 is 0 Å². The summed E-state index contributed by atoms with van der Waals surface area (Å²) >= 11 is -0.733. The third-order valence-corrected chi connectivity index (χ3v) is 5.73. The van der Waals surface area contributed by atoms with Crippen LogP contribution in [0.1, 0.15) is 0 Å². The minimum atomic E-state index is -3.85. The van der Waals surface area contributed by atoms with Crippen molar-refractivity contribution in [1.82, 2.24) is 0 Å². The van der Waals surface area contributed by atoms with Crippen LogP contribution < -0.4 is 0 Å². The molecule has 52 valence electrons. The van der Waals surface area contributed by atoms with E-state index in [0.29, 0.717) is 0 Å². The van der Waals surface area contributed by atoms with E-state index >= 15 is 0 Å². The molecule has 3 nitrogen and oxygen atoms in total. The van der Waals surface area contributed by atoms with Crippen molar-refractivity contribution in [3.8, 4) is 0 Å². The summed E-state index contributed by atoms with van der Waals surface area (Å²) in [5.74, 6) is 0. The molecule has 0 saturated heterocycles. The van der Waals surface area contributed by atoms with Crippen molar-refractivity contribution in [2.24, 2.45) is 0 Å². The summed E-state index contributed by atoms with van der Waals surface area (Å²) in [7, 11) is -3.85. The van der Waals surface area contributed by atoms with Crippen molar-refractivity contribution in [3.05, 3.63) is 19.1 Å². The van der Waals surface area contributed by atoms with Gasteiger partial charge in [0.2, 0.25) is 0 Å². The van der Waals surface area contributed by atoms with Crippen LogP contribution in [0.15, 0.2) is 19.1 Å². The Morgan fingerprint density at radius 3 is 2.44 bits per heavy atom. The second kappa shape index (κ2) is 2.39. The second-order valence-electron chi connectivity index (χ2n) is 1.41. The molecular formula is C4H5IO3S. The maximum absolute atomic E-state index is 10.3. The fourth-order valence-corrected chi connectivity index (χ4v) is 3.48. The van der Waals surface area contributed by atoms with Crippen molar-refractivity contribution in [2.75, 3.05) is 0 Å². The molecule has 0 aromatic rings. The molecule has 0 aromatic heterocycles. The Hall–Kier alpha value is 0.120. The normalized spacial score (nSPS) is 19.0. The molecule has 1 heterocycles. The van der Waals surface area contributed by atoms with Gasteiger partial charge in [0.1, 0.15) is 0 Å². The zero-order valence-electron chi connectivity index (χ0n) is 4.31.